The third-order valence-corrected chi connectivity index (χ3v) is 4.87. The van der Waals surface area contributed by atoms with E-state index in [0.717, 1.165) is 11.3 Å². The van der Waals surface area contributed by atoms with Gasteiger partial charge in [-0.2, -0.15) is 0 Å². The van der Waals surface area contributed by atoms with E-state index in [-0.39, 0.29) is 25.0 Å². The van der Waals surface area contributed by atoms with Crippen molar-refractivity contribution in [2.24, 2.45) is 0 Å². The maximum Gasteiger partial charge on any atom is 0.265 e. The van der Waals surface area contributed by atoms with Crippen LogP contribution in [0.3, 0.4) is 0 Å². The quantitative estimate of drug-likeness (QED) is 0.436. The van der Waals surface area contributed by atoms with Crippen molar-refractivity contribution in [3.63, 3.8) is 0 Å². The molecule has 0 saturated carbocycles. The van der Waals surface area contributed by atoms with Crippen molar-refractivity contribution < 1.29 is 28.9 Å². The third-order valence-electron chi connectivity index (χ3n) is 3.56. The summed E-state index contributed by atoms with van der Waals surface area (Å²) in [6.07, 6.45) is 0. The Bertz CT molecular complexity index is 814. The molecular weight excluding hydrogens is 420 g/mol. The molecule has 0 aliphatic carbocycles. The van der Waals surface area contributed by atoms with Gasteiger partial charge in [0.05, 0.1) is 41.9 Å². The number of methoxy groups -OCH3 is 1. The van der Waals surface area contributed by atoms with Gasteiger partial charge in [-0.05, 0) is 30.3 Å². The average Bonchev–Trinajstić information content (AvgIpc) is 3.20. The number of benzene rings is 1. The first-order valence-electron chi connectivity index (χ1n) is 8.84. The van der Waals surface area contributed by atoms with Gasteiger partial charge in [-0.15, -0.1) is 11.3 Å². The van der Waals surface area contributed by atoms with E-state index in [1.165, 1.54) is 0 Å². The van der Waals surface area contributed by atoms with Crippen molar-refractivity contribution >= 4 is 40.4 Å². The van der Waals surface area contributed by atoms with Crippen LogP contribution < -0.4 is 15.4 Å². The first kappa shape index (κ1) is 23.1. The number of halogens is 1. The molecule has 2 rings (SSSR count). The van der Waals surface area contributed by atoms with Gasteiger partial charge in [-0.3, -0.25) is 9.59 Å². The fourth-order valence-corrected chi connectivity index (χ4v) is 3.21. The zero-order chi connectivity index (χ0) is 21.1. The lowest BCUT2D eigenvalue weighted by Gasteiger charge is -2.12. The number of thiophene rings is 1. The number of hydrogen-bond donors (Lipinski definition) is 3. The van der Waals surface area contributed by atoms with Crippen LogP contribution in [0.5, 0.6) is 5.75 Å². The Hall–Kier alpha value is -2.17. The number of rotatable bonds is 12. The standard InChI is InChI=1S/C19H23ClN2O6S/c1-26-10-11-28-15-3-2-13(20)12-14(15)22-19(25)17-5-4-16(29-17)18(24)21-6-8-27-9-7-23/h2-5,12,23H,6-11H2,1H3,(H,21,24)(H,22,25). The molecular formula is C19H23ClN2O6S. The summed E-state index contributed by atoms with van der Waals surface area (Å²) in [5, 5.41) is 14.5. The van der Waals surface area contributed by atoms with Gasteiger partial charge in [-0.1, -0.05) is 11.6 Å². The molecule has 10 heteroatoms. The monoisotopic (exact) mass is 442 g/mol. The summed E-state index contributed by atoms with van der Waals surface area (Å²) in [6.45, 7) is 1.49. The molecule has 1 aromatic heterocycles. The van der Waals surface area contributed by atoms with E-state index in [1.807, 2.05) is 0 Å². The van der Waals surface area contributed by atoms with Crippen LogP contribution in [-0.2, 0) is 9.47 Å². The Balaban J connectivity index is 1.96. The Kier molecular flexibility index (Phi) is 9.89. The molecule has 0 bridgehead atoms. The second-order valence-corrected chi connectivity index (χ2v) is 7.21. The number of aliphatic hydroxyl groups is 1. The van der Waals surface area contributed by atoms with Crippen molar-refractivity contribution in [2.45, 2.75) is 0 Å². The summed E-state index contributed by atoms with van der Waals surface area (Å²) in [4.78, 5) is 25.5. The Morgan fingerprint density at radius 2 is 1.83 bits per heavy atom. The third kappa shape index (κ3) is 7.64. The minimum Gasteiger partial charge on any atom is -0.489 e. The average molecular weight is 443 g/mol. The molecule has 0 unspecified atom stereocenters. The highest BCUT2D eigenvalue weighted by atomic mass is 35.5. The van der Waals surface area contributed by atoms with Crippen molar-refractivity contribution in [1.82, 2.24) is 5.32 Å². The number of hydrogen-bond acceptors (Lipinski definition) is 7. The molecule has 0 saturated heterocycles. The molecule has 2 amide bonds. The van der Waals surface area contributed by atoms with E-state index in [9.17, 15) is 9.59 Å². The Morgan fingerprint density at radius 3 is 2.55 bits per heavy atom. The zero-order valence-electron chi connectivity index (χ0n) is 15.9. The number of aliphatic hydroxyl groups excluding tert-OH is 1. The lowest BCUT2D eigenvalue weighted by molar-refractivity contribution is 0.0840. The van der Waals surface area contributed by atoms with Crippen LogP contribution in [0.2, 0.25) is 5.02 Å². The fourth-order valence-electron chi connectivity index (χ4n) is 2.22. The van der Waals surface area contributed by atoms with Gasteiger partial charge in [-0.25, -0.2) is 0 Å². The molecule has 158 valence electrons. The van der Waals surface area contributed by atoms with Crippen molar-refractivity contribution in [1.29, 1.82) is 0 Å². The lowest BCUT2D eigenvalue weighted by Crippen LogP contribution is -2.26. The lowest BCUT2D eigenvalue weighted by atomic mass is 10.3. The van der Waals surface area contributed by atoms with Gasteiger partial charge >= 0.3 is 0 Å². The number of ether oxygens (including phenoxy) is 3. The highest BCUT2D eigenvalue weighted by molar-refractivity contribution is 7.16. The maximum atomic E-state index is 12.6. The summed E-state index contributed by atoms with van der Waals surface area (Å²) >= 11 is 7.10. The van der Waals surface area contributed by atoms with Gasteiger partial charge in [0.2, 0.25) is 0 Å². The molecule has 0 aliphatic heterocycles. The molecule has 0 aliphatic rings. The van der Waals surface area contributed by atoms with Gasteiger partial charge in [0, 0.05) is 18.7 Å². The van der Waals surface area contributed by atoms with Crippen LogP contribution in [0.1, 0.15) is 19.3 Å². The summed E-state index contributed by atoms with van der Waals surface area (Å²) < 4.78 is 15.6. The second-order valence-electron chi connectivity index (χ2n) is 5.69. The first-order chi connectivity index (χ1) is 14.0. The predicted molar refractivity (Wildman–Crippen MR) is 111 cm³/mol. The van der Waals surface area contributed by atoms with Crippen molar-refractivity contribution in [3.8, 4) is 5.75 Å². The van der Waals surface area contributed by atoms with E-state index >= 15 is 0 Å². The molecule has 29 heavy (non-hydrogen) atoms. The number of amides is 2. The molecule has 1 aromatic carbocycles. The van der Waals surface area contributed by atoms with Gasteiger partial charge in [0.1, 0.15) is 12.4 Å². The number of carbonyl (C=O) groups is 2. The Labute approximate surface area is 177 Å². The minimum absolute atomic E-state index is 0.0664. The fraction of sp³-hybridized carbons (Fsp3) is 0.368. The largest absolute Gasteiger partial charge is 0.489 e. The predicted octanol–water partition coefficient (Wildman–Crippen LogP) is 2.42. The topological polar surface area (TPSA) is 106 Å². The summed E-state index contributed by atoms with van der Waals surface area (Å²) in [5.41, 5.74) is 0.430. The second kappa shape index (κ2) is 12.4. The van der Waals surface area contributed by atoms with Gasteiger partial charge < -0.3 is 30.0 Å². The number of nitrogens with one attached hydrogen (secondary N) is 2. The smallest absolute Gasteiger partial charge is 0.265 e. The number of anilines is 1. The molecule has 3 N–H and O–H groups in total. The van der Waals surface area contributed by atoms with E-state index < -0.39 is 0 Å². The molecule has 0 atom stereocenters. The molecule has 8 nitrogen and oxygen atoms in total. The van der Waals surface area contributed by atoms with Crippen molar-refractivity contribution in [3.05, 3.63) is 45.1 Å². The van der Waals surface area contributed by atoms with Gasteiger partial charge in [0.15, 0.2) is 0 Å². The van der Waals surface area contributed by atoms with Crippen LogP contribution in [-0.4, -0.2) is 63.6 Å². The van der Waals surface area contributed by atoms with Gasteiger partial charge in [0.25, 0.3) is 11.8 Å². The van der Waals surface area contributed by atoms with Crippen LogP contribution in [0, 0.1) is 0 Å². The molecule has 0 spiro atoms. The minimum atomic E-state index is -0.376. The van der Waals surface area contributed by atoms with E-state index in [1.54, 1.807) is 37.4 Å². The normalized spacial score (nSPS) is 10.6. The van der Waals surface area contributed by atoms with E-state index in [2.05, 4.69) is 10.6 Å². The first-order valence-corrected chi connectivity index (χ1v) is 10.0. The summed E-state index contributed by atoms with van der Waals surface area (Å²) in [6, 6.07) is 8.08. The molecule has 0 radical (unpaired) electrons. The molecule has 1 heterocycles. The van der Waals surface area contributed by atoms with E-state index in [0.29, 0.717) is 52.6 Å². The molecule has 2 aromatic rings. The van der Waals surface area contributed by atoms with Crippen LogP contribution in [0.25, 0.3) is 0 Å². The zero-order valence-corrected chi connectivity index (χ0v) is 17.5. The highest BCUT2D eigenvalue weighted by Crippen LogP contribution is 2.29. The summed E-state index contributed by atoms with van der Waals surface area (Å²) in [7, 11) is 1.57. The van der Waals surface area contributed by atoms with E-state index in [4.69, 9.17) is 30.9 Å². The Morgan fingerprint density at radius 1 is 1.07 bits per heavy atom. The van der Waals surface area contributed by atoms with Crippen molar-refractivity contribution in [2.75, 3.05) is 52.0 Å². The number of carbonyl (C=O) groups excluding carboxylic acids is 2. The highest BCUT2D eigenvalue weighted by Gasteiger charge is 2.16. The van der Waals surface area contributed by atoms with Crippen LogP contribution >= 0.6 is 22.9 Å². The summed E-state index contributed by atoms with van der Waals surface area (Å²) in [5.74, 6) is -0.204. The molecule has 0 fully saturated rings. The SMILES string of the molecule is COCCOc1ccc(Cl)cc1NC(=O)c1ccc(C(=O)NCCOCCO)s1. The maximum absolute atomic E-state index is 12.6. The van der Waals surface area contributed by atoms with Crippen LogP contribution in [0.4, 0.5) is 5.69 Å². The van der Waals surface area contributed by atoms with Crippen LogP contribution in [0.15, 0.2) is 30.3 Å².